The van der Waals surface area contributed by atoms with E-state index in [0.29, 0.717) is 5.56 Å². The number of hydrogen-bond acceptors (Lipinski definition) is 2. The molecule has 0 aromatic heterocycles. The largest absolute Gasteiger partial charge is 0.466 e. The second kappa shape index (κ2) is 6.71. The highest BCUT2D eigenvalue weighted by molar-refractivity contribution is 5.78. The Labute approximate surface area is 129 Å². The summed E-state index contributed by atoms with van der Waals surface area (Å²) in [6.45, 7) is 8.70. The van der Waals surface area contributed by atoms with Gasteiger partial charge in [0.05, 0.1) is 18.4 Å². The third kappa shape index (κ3) is 4.49. The number of carbonyl (C=O) groups excluding carboxylic acids is 1. The minimum absolute atomic E-state index is 0.0555. The molecule has 1 rings (SSSR count). The first kappa shape index (κ1) is 18.5. The van der Waals surface area contributed by atoms with Crippen molar-refractivity contribution in [3.8, 4) is 0 Å². The van der Waals surface area contributed by atoms with Gasteiger partial charge in [0.2, 0.25) is 0 Å². The maximum Gasteiger partial charge on any atom is 0.392 e. The van der Waals surface area contributed by atoms with E-state index >= 15 is 0 Å². The Balaban J connectivity index is 3.19. The zero-order valence-corrected chi connectivity index (χ0v) is 13.6. The first-order valence-corrected chi connectivity index (χ1v) is 7.32. The van der Waals surface area contributed by atoms with Crippen molar-refractivity contribution in [1.29, 1.82) is 0 Å². The summed E-state index contributed by atoms with van der Waals surface area (Å²) >= 11 is 0. The number of hydrogen-bond donors (Lipinski definition) is 0. The molecule has 124 valence electrons. The Morgan fingerprint density at radius 1 is 1.14 bits per heavy atom. The normalized spacial score (nSPS) is 15.3. The molecule has 2 nitrogen and oxygen atoms in total. The van der Waals surface area contributed by atoms with E-state index < -0.39 is 24.0 Å². The predicted molar refractivity (Wildman–Crippen MR) is 79.7 cm³/mol. The highest BCUT2D eigenvalue weighted by Crippen LogP contribution is 2.38. The van der Waals surface area contributed by atoms with Crippen molar-refractivity contribution in [2.45, 2.75) is 52.1 Å². The van der Waals surface area contributed by atoms with Gasteiger partial charge in [-0.25, -0.2) is 0 Å². The van der Waals surface area contributed by atoms with Crippen molar-refractivity contribution in [3.05, 3.63) is 35.4 Å². The number of alkyl halides is 3. The lowest BCUT2D eigenvalue weighted by molar-refractivity contribution is -0.185. The molecule has 0 bridgehead atoms. The van der Waals surface area contributed by atoms with Gasteiger partial charge in [0.15, 0.2) is 0 Å². The lowest BCUT2D eigenvalue weighted by atomic mass is 9.82. The molecule has 22 heavy (non-hydrogen) atoms. The van der Waals surface area contributed by atoms with Crippen LogP contribution in [0.5, 0.6) is 0 Å². The molecule has 0 saturated heterocycles. The number of ether oxygens (including phenoxy) is 1. The third-order valence-corrected chi connectivity index (χ3v) is 3.69. The van der Waals surface area contributed by atoms with Crippen molar-refractivity contribution in [2.75, 3.05) is 6.61 Å². The number of halogens is 3. The number of esters is 1. The quantitative estimate of drug-likeness (QED) is 0.744. The van der Waals surface area contributed by atoms with Gasteiger partial charge in [0.25, 0.3) is 0 Å². The monoisotopic (exact) mass is 316 g/mol. The van der Waals surface area contributed by atoms with Gasteiger partial charge in [-0.2, -0.15) is 13.2 Å². The van der Waals surface area contributed by atoms with Crippen LogP contribution in [0.4, 0.5) is 13.2 Å². The maximum atomic E-state index is 13.0. The van der Waals surface area contributed by atoms with Gasteiger partial charge in [-0.05, 0) is 23.5 Å². The van der Waals surface area contributed by atoms with Crippen molar-refractivity contribution >= 4 is 5.97 Å². The predicted octanol–water partition coefficient (Wildman–Crippen LogP) is 4.83. The molecule has 0 aliphatic carbocycles. The van der Waals surface area contributed by atoms with Crippen LogP contribution in [0.3, 0.4) is 0 Å². The average molecular weight is 316 g/mol. The van der Waals surface area contributed by atoms with Gasteiger partial charge in [-0.1, -0.05) is 52.0 Å². The van der Waals surface area contributed by atoms with E-state index in [1.807, 2.05) is 20.8 Å². The summed E-state index contributed by atoms with van der Waals surface area (Å²) in [6.07, 6.45) is -4.46. The molecule has 0 fully saturated rings. The van der Waals surface area contributed by atoms with Crippen LogP contribution >= 0.6 is 0 Å². The van der Waals surface area contributed by atoms with E-state index in [1.54, 1.807) is 31.2 Å². The minimum Gasteiger partial charge on any atom is -0.466 e. The van der Waals surface area contributed by atoms with Gasteiger partial charge in [-0.3, -0.25) is 4.79 Å². The minimum atomic E-state index is -4.46. The van der Waals surface area contributed by atoms with Gasteiger partial charge in [-0.15, -0.1) is 0 Å². The molecule has 0 amide bonds. The zero-order chi connectivity index (χ0) is 17.1. The molecule has 0 aliphatic rings. The van der Waals surface area contributed by atoms with Gasteiger partial charge >= 0.3 is 12.1 Å². The number of benzene rings is 1. The van der Waals surface area contributed by atoms with Gasteiger partial charge < -0.3 is 4.74 Å². The van der Waals surface area contributed by atoms with Crippen LogP contribution in [-0.4, -0.2) is 18.8 Å². The topological polar surface area (TPSA) is 26.3 Å². The highest BCUT2D eigenvalue weighted by Gasteiger charge is 2.45. The van der Waals surface area contributed by atoms with Crippen molar-refractivity contribution < 1.29 is 22.7 Å². The van der Waals surface area contributed by atoms with Crippen LogP contribution in [0, 0.1) is 5.92 Å². The van der Waals surface area contributed by atoms with E-state index in [0.717, 1.165) is 12.5 Å². The average Bonchev–Trinajstić information content (AvgIpc) is 2.37. The molecule has 0 saturated carbocycles. The Morgan fingerprint density at radius 3 is 2.00 bits per heavy atom. The Morgan fingerprint density at radius 2 is 1.64 bits per heavy atom. The fraction of sp³-hybridized carbons (Fsp3) is 0.588. The SMILES string of the molecule is CCOC(=O)C(c1ccc(C(C)(C)C)cc1)C(C)C(F)(F)F. The standard InChI is InChI=1S/C17H23F3O2/c1-6-22-15(21)14(11(2)17(18,19)20)12-7-9-13(10-8-12)16(3,4)5/h7-11,14H,6H2,1-5H3. The summed E-state index contributed by atoms with van der Waals surface area (Å²) < 4.78 is 44.0. The van der Waals surface area contributed by atoms with Crippen LogP contribution in [-0.2, 0) is 14.9 Å². The second-order valence-corrected chi connectivity index (χ2v) is 6.43. The fourth-order valence-electron chi connectivity index (χ4n) is 2.24. The maximum absolute atomic E-state index is 13.0. The number of rotatable bonds is 4. The molecule has 0 heterocycles. The molecule has 1 aromatic carbocycles. The summed E-state index contributed by atoms with van der Waals surface area (Å²) in [5.41, 5.74) is 1.22. The second-order valence-electron chi connectivity index (χ2n) is 6.43. The van der Waals surface area contributed by atoms with Crippen LogP contribution in [0.1, 0.15) is 51.7 Å². The molecule has 2 unspecified atom stereocenters. The summed E-state index contributed by atoms with van der Waals surface area (Å²) in [5.74, 6) is -3.98. The summed E-state index contributed by atoms with van der Waals surface area (Å²) in [7, 11) is 0. The summed E-state index contributed by atoms with van der Waals surface area (Å²) in [6, 6.07) is 6.71. The first-order valence-electron chi connectivity index (χ1n) is 7.32. The molecule has 5 heteroatoms. The summed E-state index contributed by atoms with van der Waals surface area (Å²) in [4.78, 5) is 12.0. The molecular weight excluding hydrogens is 293 g/mol. The molecule has 0 spiro atoms. The first-order chi connectivity index (χ1) is 9.98. The van der Waals surface area contributed by atoms with E-state index in [9.17, 15) is 18.0 Å². The molecule has 1 aromatic rings. The van der Waals surface area contributed by atoms with E-state index in [1.165, 1.54) is 0 Å². The highest BCUT2D eigenvalue weighted by atomic mass is 19.4. The van der Waals surface area contributed by atoms with E-state index in [-0.39, 0.29) is 12.0 Å². The fourth-order valence-corrected chi connectivity index (χ4v) is 2.24. The third-order valence-electron chi connectivity index (χ3n) is 3.69. The lowest BCUT2D eigenvalue weighted by Crippen LogP contribution is -2.32. The molecule has 0 radical (unpaired) electrons. The summed E-state index contributed by atoms with van der Waals surface area (Å²) in [5, 5.41) is 0. The Hall–Kier alpha value is -1.52. The van der Waals surface area contributed by atoms with E-state index in [4.69, 9.17) is 4.74 Å². The Bertz CT molecular complexity index is 498. The zero-order valence-electron chi connectivity index (χ0n) is 13.6. The van der Waals surface area contributed by atoms with Crippen molar-refractivity contribution in [3.63, 3.8) is 0 Å². The smallest absolute Gasteiger partial charge is 0.392 e. The Kier molecular flexibility index (Phi) is 5.65. The van der Waals surface area contributed by atoms with Crippen LogP contribution in [0.25, 0.3) is 0 Å². The van der Waals surface area contributed by atoms with Crippen molar-refractivity contribution in [1.82, 2.24) is 0 Å². The number of carbonyl (C=O) groups is 1. The van der Waals surface area contributed by atoms with Crippen LogP contribution < -0.4 is 0 Å². The van der Waals surface area contributed by atoms with Gasteiger partial charge in [0.1, 0.15) is 0 Å². The van der Waals surface area contributed by atoms with Crippen LogP contribution in [0.2, 0.25) is 0 Å². The van der Waals surface area contributed by atoms with Crippen molar-refractivity contribution in [2.24, 2.45) is 5.92 Å². The van der Waals surface area contributed by atoms with Crippen LogP contribution in [0.15, 0.2) is 24.3 Å². The lowest BCUT2D eigenvalue weighted by Gasteiger charge is -2.26. The molecular formula is C17H23F3O2. The molecule has 2 atom stereocenters. The van der Waals surface area contributed by atoms with Gasteiger partial charge in [0, 0.05) is 0 Å². The van der Waals surface area contributed by atoms with E-state index in [2.05, 4.69) is 0 Å². The molecule has 0 N–H and O–H groups in total. The molecule has 0 aliphatic heterocycles.